The number of carbonyl (C=O) groups is 2. The Bertz CT molecular complexity index is 612. The number of halogens is 2. The zero-order valence-electron chi connectivity index (χ0n) is 11.9. The fourth-order valence-electron chi connectivity index (χ4n) is 3.17. The van der Waals surface area contributed by atoms with Gasteiger partial charge in [0.1, 0.15) is 5.75 Å². The molecule has 2 saturated heterocycles. The SMILES string of the molecule is O=C(c1c(O)cc(Cl)cc1Cl)N1CCC(N2CCCC2=O)C1. The van der Waals surface area contributed by atoms with Gasteiger partial charge in [-0.2, -0.15) is 0 Å². The minimum atomic E-state index is -0.326. The lowest BCUT2D eigenvalue weighted by Gasteiger charge is -2.24. The van der Waals surface area contributed by atoms with Crippen LogP contribution in [-0.4, -0.2) is 52.4 Å². The van der Waals surface area contributed by atoms with E-state index in [-0.39, 0.29) is 39.2 Å². The molecule has 7 heteroatoms. The van der Waals surface area contributed by atoms with E-state index in [1.54, 1.807) is 4.90 Å². The van der Waals surface area contributed by atoms with Crippen LogP contribution in [0.25, 0.3) is 0 Å². The van der Waals surface area contributed by atoms with Gasteiger partial charge in [0.25, 0.3) is 5.91 Å². The summed E-state index contributed by atoms with van der Waals surface area (Å²) in [5, 5.41) is 10.4. The molecule has 0 spiro atoms. The van der Waals surface area contributed by atoms with Crippen molar-refractivity contribution >= 4 is 35.0 Å². The molecule has 2 heterocycles. The quantitative estimate of drug-likeness (QED) is 0.898. The first-order valence-electron chi connectivity index (χ1n) is 7.24. The van der Waals surface area contributed by atoms with Crippen LogP contribution < -0.4 is 0 Å². The third-order valence-corrected chi connectivity index (χ3v) is 4.77. The average Bonchev–Trinajstić information content (AvgIpc) is 3.05. The van der Waals surface area contributed by atoms with Gasteiger partial charge in [-0.15, -0.1) is 0 Å². The van der Waals surface area contributed by atoms with Gasteiger partial charge in [0.05, 0.1) is 16.6 Å². The van der Waals surface area contributed by atoms with Crippen molar-refractivity contribution in [3.8, 4) is 5.75 Å². The summed E-state index contributed by atoms with van der Waals surface area (Å²) in [6.07, 6.45) is 2.23. The highest BCUT2D eigenvalue weighted by molar-refractivity contribution is 6.37. The summed E-state index contributed by atoms with van der Waals surface area (Å²) in [5.74, 6) is -0.386. The van der Waals surface area contributed by atoms with E-state index in [0.717, 1.165) is 19.4 Å². The van der Waals surface area contributed by atoms with Crippen molar-refractivity contribution in [1.29, 1.82) is 0 Å². The van der Waals surface area contributed by atoms with Gasteiger partial charge in [-0.25, -0.2) is 0 Å². The Morgan fingerprint density at radius 1 is 1.27 bits per heavy atom. The van der Waals surface area contributed by atoms with E-state index in [1.807, 2.05) is 4.90 Å². The summed E-state index contributed by atoms with van der Waals surface area (Å²) in [6.45, 7) is 1.78. The number of rotatable bonds is 2. The summed E-state index contributed by atoms with van der Waals surface area (Å²) >= 11 is 11.8. The molecule has 1 aromatic carbocycles. The number of phenolic OH excluding ortho intramolecular Hbond substituents is 1. The van der Waals surface area contributed by atoms with Crippen LogP contribution in [0.3, 0.4) is 0 Å². The fraction of sp³-hybridized carbons (Fsp3) is 0.467. The van der Waals surface area contributed by atoms with Gasteiger partial charge in [-0.1, -0.05) is 23.2 Å². The van der Waals surface area contributed by atoms with Crippen molar-refractivity contribution in [1.82, 2.24) is 9.80 Å². The van der Waals surface area contributed by atoms with Gasteiger partial charge >= 0.3 is 0 Å². The summed E-state index contributed by atoms with van der Waals surface area (Å²) in [6, 6.07) is 2.80. The Hall–Kier alpha value is -1.46. The maximum atomic E-state index is 12.6. The van der Waals surface area contributed by atoms with Gasteiger partial charge in [0.15, 0.2) is 0 Å². The third kappa shape index (κ3) is 2.75. The zero-order chi connectivity index (χ0) is 15.9. The molecule has 2 amide bonds. The van der Waals surface area contributed by atoms with Crippen LogP contribution in [-0.2, 0) is 4.79 Å². The summed E-state index contributed by atoms with van der Waals surface area (Å²) in [7, 11) is 0. The second kappa shape index (κ2) is 5.97. The molecule has 0 aliphatic carbocycles. The summed E-state index contributed by atoms with van der Waals surface area (Å²) in [5.41, 5.74) is 0.0689. The second-order valence-electron chi connectivity index (χ2n) is 5.67. The largest absolute Gasteiger partial charge is 0.507 e. The van der Waals surface area contributed by atoms with Crippen LogP contribution in [0.5, 0.6) is 5.75 Å². The van der Waals surface area contributed by atoms with E-state index in [9.17, 15) is 14.7 Å². The van der Waals surface area contributed by atoms with Gasteiger partial charge < -0.3 is 14.9 Å². The van der Waals surface area contributed by atoms with Crippen LogP contribution in [0.15, 0.2) is 12.1 Å². The van der Waals surface area contributed by atoms with E-state index in [2.05, 4.69) is 0 Å². The molecule has 0 bridgehead atoms. The van der Waals surface area contributed by atoms with Crippen molar-refractivity contribution in [2.45, 2.75) is 25.3 Å². The van der Waals surface area contributed by atoms with Crippen LogP contribution >= 0.6 is 23.2 Å². The maximum Gasteiger partial charge on any atom is 0.259 e. The van der Waals surface area contributed by atoms with Crippen molar-refractivity contribution in [3.63, 3.8) is 0 Å². The molecule has 0 radical (unpaired) electrons. The lowest BCUT2D eigenvalue weighted by atomic mass is 10.1. The molecule has 1 N–H and O–H groups in total. The maximum absolute atomic E-state index is 12.6. The number of likely N-dealkylation sites (tertiary alicyclic amines) is 2. The molecule has 22 heavy (non-hydrogen) atoms. The van der Waals surface area contributed by atoms with E-state index in [1.165, 1.54) is 12.1 Å². The molecule has 0 aromatic heterocycles. The van der Waals surface area contributed by atoms with Crippen LogP contribution in [0.1, 0.15) is 29.6 Å². The van der Waals surface area contributed by atoms with Gasteiger partial charge in [0.2, 0.25) is 5.91 Å². The van der Waals surface area contributed by atoms with E-state index in [0.29, 0.717) is 19.5 Å². The first-order chi connectivity index (χ1) is 10.5. The predicted octanol–water partition coefficient (Wildman–Crippen LogP) is 2.54. The molecule has 1 atom stereocenters. The first-order valence-corrected chi connectivity index (χ1v) is 7.99. The molecule has 1 aromatic rings. The normalized spacial score (nSPS) is 21.7. The first kappa shape index (κ1) is 15.4. The highest BCUT2D eigenvalue weighted by Crippen LogP contribution is 2.32. The lowest BCUT2D eigenvalue weighted by molar-refractivity contribution is -0.129. The second-order valence-corrected chi connectivity index (χ2v) is 6.51. The van der Waals surface area contributed by atoms with E-state index < -0.39 is 0 Å². The molecule has 0 saturated carbocycles. The number of amides is 2. The molecule has 5 nitrogen and oxygen atoms in total. The number of carbonyl (C=O) groups excluding carboxylic acids is 2. The Labute approximate surface area is 138 Å². The monoisotopic (exact) mass is 342 g/mol. The predicted molar refractivity (Wildman–Crippen MR) is 83.4 cm³/mol. The number of benzene rings is 1. The molecular formula is C15H16Cl2N2O3. The smallest absolute Gasteiger partial charge is 0.259 e. The molecule has 2 aliphatic rings. The Balaban J connectivity index is 1.76. The van der Waals surface area contributed by atoms with Crippen molar-refractivity contribution in [2.75, 3.05) is 19.6 Å². The lowest BCUT2D eigenvalue weighted by Crippen LogP contribution is -2.39. The fourth-order valence-corrected chi connectivity index (χ4v) is 3.73. The minimum Gasteiger partial charge on any atom is -0.507 e. The summed E-state index contributed by atoms with van der Waals surface area (Å²) < 4.78 is 0. The number of hydrogen-bond acceptors (Lipinski definition) is 3. The van der Waals surface area contributed by atoms with Gasteiger partial charge in [-0.3, -0.25) is 9.59 Å². The molecular weight excluding hydrogens is 327 g/mol. The van der Waals surface area contributed by atoms with Crippen LogP contribution in [0, 0.1) is 0 Å². The molecule has 118 valence electrons. The summed E-state index contributed by atoms with van der Waals surface area (Å²) in [4.78, 5) is 27.9. The molecule has 2 fully saturated rings. The zero-order valence-corrected chi connectivity index (χ0v) is 13.4. The van der Waals surface area contributed by atoms with Crippen molar-refractivity contribution in [2.24, 2.45) is 0 Å². The topological polar surface area (TPSA) is 60.9 Å². The van der Waals surface area contributed by atoms with Gasteiger partial charge in [-0.05, 0) is 25.0 Å². The number of phenols is 1. The Morgan fingerprint density at radius 3 is 2.68 bits per heavy atom. The average molecular weight is 343 g/mol. The van der Waals surface area contributed by atoms with Gasteiger partial charge in [0, 0.05) is 31.1 Å². The number of hydrogen-bond donors (Lipinski definition) is 1. The number of nitrogens with zero attached hydrogens (tertiary/aromatic N) is 2. The Kier molecular flexibility index (Phi) is 4.19. The van der Waals surface area contributed by atoms with Crippen LogP contribution in [0.4, 0.5) is 0 Å². The Morgan fingerprint density at radius 2 is 2.05 bits per heavy atom. The van der Waals surface area contributed by atoms with Crippen LogP contribution in [0.2, 0.25) is 10.0 Å². The highest BCUT2D eigenvalue weighted by atomic mass is 35.5. The highest BCUT2D eigenvalue weighted by Gasteiger charge is 2.36. The van der Waals surface area contributed by atoms with E-state index in [4.69, 9.17) is 23.2 Å². The molecule has 1 unspecified atom stereocenters. The standard InChI is InChI=1S/C15H16Cl2N2O3/c16-9-6-11(17)14(12(20)7-9)15(22)18-5-3-10(8-18)19-4-1-2-13(19)21/h6-7,10,20H,1-5,8H2. The minimum absolute atomic E-state index is 0.0622. The number of aromatic hydroxyl groups is 1. The third-order valence-electron chi connectivity index (χ3n) is 4.25. The molecule has 2 aliphatic heterocycles. The van der Waals surface area contributed by atoms with Crippen molar-refractivity contribution in [3.05, 3.63) is 27.7 Å². The van der Waals surface area contributed by atoms with Crippen molar-refractivity contribution < 1.29 is 14.7 Å². The molecule has 3 rings (SSSR count). The van der Waals surface area contributed by atoms with E-state index >= 15 is 0 Å².